The lowest BCUT2D eigenvalue weighted by Gasteiger charge is -2.18. The summed E-state index contributed by atoms with van der Waals surface area (Å²) in [6.45, 7) is 6.45. The van der Waals surface area contributed by atoms with Crippen LogP contribution in [0.15, 0.2) is 18.3 Å². The van der Waals surface area contributed by atoms with E-state index in [-0.39, 0.29) is 11.2 Å². The maximum absolute atomic E-state index is 13.8. The van der Waals surface area contributed by atoms with Gasteiger partial charge < -0.3 is 0 Å². The molecule has 86 valence electrons. The molecule has 0 fully saturated rings. The Morgan fingerprint density at radius 2 is 2.00 bits per heavy atom. The Hall–Kier alpha value is -1.38. The highest BCUT2D eigenvalue weighted by Gasteiger charge is 2.14. The van der Waals surface area contributed by atoms with Gasteiger partial charge in [0.2, 0.25) is 0 Å². The average molecular weight is 220 g/mol. The van der Waals surface area contributed by atoms with E-state index in [0.717, 1.165) is 17.4 Å². The fourth-order valence-corrected chi connectivity index (χ4v) is 1.99. The number of aromatic nitrogens is 2. The summed E-state index contributed by atoms with van der Waals surface area (Å²) in [6, 6.07) is 3.62. The third kappa shape index (κ3) is 2.23. The molecule has 2 nitrogen and oxygen atoms in total. The first-order chi connectivity index (χ1) is 7.35. The molecule has 2 rings (SSSR count). The largest absolute Gasteiger partial charge is 0.274 e. The van der Waals surface area contributed by atoms with Crippen LogP contribution in [-0.2, 0) is 13.5 Å². The van der Waals surface area contributed by atoms with Gasteiger partial charge in [-0.15, -0.1) is 0 Å². The molecule has 1 heterocycles. The first kappa shape index (κ1) is 11.1. The van der Waals surface area contributed by atoms with Crippen LogP contribution in [0.25, 0.3) is 10.9 Å². The van der Waals surface area contributed by atoms with Gasteiger partial charge >= 0.3 is 0 Å². The first-order valence-electron chi connectivity index (χ1n) is 5.47. The molecule has 0 bridgehead atoms. The summed E-state index contributed by atoms with van der Waals surface area (Å²) in [7, 11) is 1.81. The van der Waals surface area contributed by atoms with Gasteiger partial charge in [0.15, 0.2) is 5.82 Å². The second-order valence-electron chi connectivity index (χ2n) is 5.56. The number of nitrogens with zero attached hydrogens (tertiary/aromatic N) is 2. The van der Waals surface area contributed by atoms with E-state index in [1.165, 1.54) is 0 Å². The molecule has 0 saturated heterocycles. The second-order valence-corrected chi connectivity index (χ2v) is 5.56. The Balaban J connectivity index is 2.49. The molecule has 0 aliphatic carbocycles. The zero-order valence-electron chi connectivity index (χ0n) is 10.2. The van der Waals surface area contributed by atoms with Gasteiger partial charge in [0, 0.05) is 18.6 Å². The van der Waals surface area contributed by atoms with Crippen molar-refractivity contribution < 1.29 is 4.39 Å². The van der Waals surface area contributed by atoms with Crippen molar-refractivity contribution in [3.63, 3.8) is 0 Å². The van der Waals surface area contributed by atoms with Crippen LogP contribution in [0.5, 0.6) is 0 Å². The number of aryl methyl sites for hydroxylation is 1. The summed E-state index contributed by atoms with van der Waals surface area (Å²) >= 11 is 0. The molecule has 0 saturated carbocycles. The van der Waals surface area contributed by atoms with Crippen LogP contribution < -0.4 is 0 Å². The van der Waals surface area contributed by atoms with Crippen molar-refractivity contribution in [3.05, 3.63) is 29.7 Å². The summed E-state index contributed by atoms with van der Waals surface area (Å²) in [6.07, 6.45) is 2.72. The average Bonchev–Trinajstić information content (AvgIpc) is 2.42. The van der Waals surface area contributed by atoms with Crippen molar-refractivity contribution in [1.29, 1.82) is 0 Å². The highest BCUT2D eigenvalue weighted by Crippen LogP contribution is 2.24. The van der Waals surface area contributed by atoms with Crippen LogP contribution in [0.2, 0.25) is 0 Å². The van der Waals surface area contributed by atoms with Gasteiger partial charge in [-0.25, -0.2) is 4.39 Å². The summed E-state index contributed by atoms with van der Waals surface area (Å²) in [5.41, 5.74) is 1.66. The second kappa shape index (κ2) is 3.58. The van der Waals surface area contributed by atoms with E-state index in [1.54, 1.807) is 10.7 Å². The number of rotatable bonds is 1. The molecule has 0 unspecified atom stereocenters. The van der Waals surface area contributed by atoms with Crippen molar-refractivity contribution in [3.8, 4) is 0 Å². The Kier molecular flexibility index (Phi) is 2.49. The number of hydrogen-bond acceptors (Lipinski definition) is 1. The number of halogens is 1. The Bertz CT molecular complexity index is 520. The molecule has 0 amide bonds. The van der Waals surface area contributed by atoms with Gasteiger partial charge in [-0.1, -0.05) is 20.8 Å². The molecular weight excluding hydrogens is 203 g/mol. The Labute approximate surface area is 95.1 Å². The SMILES string of the molecule is Cn1cc2cc(CC(C)(C)C)cc(F)c2n1. The molecule has 0 radical (unpaired) electrons. The Morgan fingerprint density at radius 1 is 1.31 bits per heavy atom. The van der Waals surface area contributed by atoms with E-state index in [2.05, 4.69) is 25.9 Å². The highest BCUT2D eigenvalue weighted by molar-refractivity contribution is 5.79. The van der Waals surface area contributed by atoms with E-state index in [4.69, 9.17) is 0 Å². The predicted octanol–water partition coefficient (Wildman–Crippen LogP) is 3.30. The smallest absolute Gasteiger partial charge is 0.151 e. The molecule has 16 heavy (non-hydrogen) atoms. The van der Waals surface area contributed by atoms with Crippen molar-refractivity contribution >= 4 is 10.9 Å². The van der Waals surface area contributed by atoms with Crippen LogP contribution in [0.1, 0.15) is 26.3 Å². The quantitative estimate of drug-likeness (QED) is 0.721. The molecule has 0 spiro atoms. The van der Waals surface area contributed by atoms with Crippen molar-refractivity contribution in [2.45, 2.75) is 27.2 Å². The zero-order chi connectivity index (χ0) is 11.9. The highest BCUT2D eigenvalue weighted by atomic mass is 19.1. The molecule has 1 aromatic heterocycles. The molecule has 0 aliphatic heterocycles. The fourth-order valence-electron chi connectivity index (χ4n) is 1.99. The van der Waals surface area contributed by atoms with Gasteiger partial charge in [0.05, 0.1) is 0 Å². The predicted molar refractivity (Wildman–Crippen MR) is 63.8 cm³/mol. The van der Waals surface area contributed by atoms with Crippen LogP contribution in [0.3, 0.4) is 0 Å². The van der Waals surface area contributed by atoms with E-state index in [9.17, 15) is 4.39 Å². The number of benzene rings is 1. The molecule has 0 atom stereocenters. The molecule has 1 aromatic carbocycles. The summed E-state index contributed by atoms with van der Waals surface area (Å²) < 4.78 is 15.4. The fraction of sp³-hybridized carbons (Fsp3) is 0.462. The summed E-state index contributed by atoms with van der Waals surface area (Å²) in [4.78, 5) is 0. The van der Waals surface area contributed by atoms with Crippen LogP contribution in [0.4, 0.5) is 4.39 Å². The van der Waals surface area contributed by atoms with Gasteiger partial charge in [-0.2, -0.15) is 5.10 Å². The zero-order valence-corrected chi connectivity index (χ0v) is 10.2. The van der Waals surface area contributed by atoms with Crippen LogP contribution in [0, 0.1) is 11.2 Å². The van der Waals surface area contributed by atoms with Gasteiger partial charge in [-0.3, -0.25) is 4.68 Å². The van der Waals surface area contributed by atoms with Crippen LogP contribution in [-0.4, -0.2) is 9.78 Å². The third-order valence-electron chi connectivity index (χ3n) is 2.47. The normalized spacial score (nSPS) is 12.3. The minimum atomic E-state index is -0.225. The topological polar surface area (TPSA) is 17.8 Å². The minimum Gasteiger partial charge on any atom is -0.274 e. The molecular formula is C13H17FN2. The number of fused-ring (bicyclic) bond motifs is 1. The lowest BCUT2D eigenvalue weighted by molar-refractivity contribution is 0.410. The molecule has 0 aliphatic rings. The number of hydrogen-bond donors (Lipinski definition) is 0. The van der Waals surface area contributed by atoms with Gasteiger partial charge in [-0.05, 0) is 29.5 Å². The maximum atomic E-state index is 13.8. The molecule has 3 heteroatoms. The summed E-state index contributed by atoms with van der Waals surface area (Å²) in [5.74, 6) is -0.225. The van der Waals surface area contributed by atoms with Gasteiger partial charge in [0.25, 0.3) is 0 Å². The van der Waals surface area contributed by atoms with Crippen molar-refractivity contribution in [1.82, 2.24) is 9.78 Å². The third-order valence-corrected chi connectivity index (χ3v) is 2.47. The van der Waals surface area contributed by atoms with Crippen molar-refractivity contribution in [2.24, 2.45) is 12.5 Å². The molecule has 2 aromatic rings. The molecule has 0 N–H and O–H groups in total. The van der Waals surface area contributed by atoms with Gasteiger partial charge in [0.1, 0.15) is 5.52 Å². The van der Waals surface area contributed by atoms with E-state index in [0.29, 0.717) is 5.52 Å². The Morgan fingerprint density at radius 3 is 2.62 bits per heavy atom. The lowest BCUT2D eigenvalue weighted by atomic mass is 9.88. The monoisotopic (exact) mass is 220 g/mol. The minimum absolute atomic E-state index is 0.169. The lowest BCUT2D eigenvalue weighted by Crippen LogP contribution is -2.09. The standard InChI is InChI=1S/C13H17FN2/c1-13(2,3)7-9-5-10-8-16(4)15-12(10)11(14)6-9/h5-6,8H,7H2,1-4H3. The van der Waals surface area contributed by atoms with Crippen LogP contribution >= 0.6 is 0 Å². The summed E-state index contributed by atoms with van der Waals surface area (Å²) in [5, 5.41) is 4.97. The van der Waals surface area contributed by atoms with E-state index >= 15 is 0 Å². The van der Waals surface area contributed by atoms with E-state index in [1.807, 2.05) is 19.3 Å². The van der Waals surface area contributed by atoms with E-state index < -0.39 is 0 Å². The first-order valence-corrected chi connectivity index (χ1v) is 5.47. The maximum Gasteiger partial charge on any atom is 0.151 e. The van der Waals surface area contributed by atoms with Crippen molar-refractivity contribution in [2.75, 3.05) is 0 Å².